The number of aryl methyl sites for hydroxylation is 3. The molecule has 0 radical (unpaired) electrons. The van der Waals surface area contributed by atoms with Gasteiger partial charge in [-0.3, -0.25) is 0 Å². The van der Waals surface area contributed by atoms with E-state index >= 15 is 0 Å². The highest BCUT2D eigenvalue weighted by Gasteiger charge is 2.18. The van der Waals surface area contributed by atoms with Crippen molar-refractivity contribution in [1.82, 2.24) is 5.32 Å². The van der Waals surface area contributed by atoms with Gasteiger partial charge in [0.05, 0.1) is 6.04 Å². The van der Waals surface area contributed by atoms with E-state index < -0.39 is 0 Å². The molecule has 2 rings (SSSR count). The summed E-state index contributed by atoms with van der Waals surface area (Å²) in [4.78, 5) is 2.59. The maximum atomic E-state index is 13.8. The minimum Gasteiger partial charge on any atom is -0.306 e. The van der Waals surface area contributed by atoms with E-state index in [4.69, 9.17) is 0 Å². The molecule has 1 aromatic heterocycles. The predicted molar refractivity (Wildman–Crippen MR) is 80.4 cm³/mol. The number of hydrogen-bond acceptors (Lipinski definition) is 2. The summed E-state index contributed by atoms with van der Waals surface area (Å²) in [5.41, 5.74) is 2.94. The molecule has 1 heterocycles. The van der Waals surface area contributed by atoms with Crippen LogP contribution in [0.3, 0.4) is 0 Å². The van der Waals surface area contributed by atoms with E-state index in [1.54, 1.807) is 24.3 Å². The van der Waals surface area contributed by atoms with Crippen LogP contribution in [0.1, 0.15) is 39.4 Å². The van der Waals surface area contributed by atoms with Crippen LogP contribution in [-0.2, 0) is 0 Å². The van der Waals surface area contributed by atoms with Crippen molar-refractivity contribution >= 4 is 11.3 Å². The average molecular weight is 277 g/mol. The molecule has 0 aliphatic rings. The van der Waals surface area contributed by atoms with Gasteiger partial charge in [0.1, 0.15) is 5.82 Å². The molecule has 1 aromatic carbocycles. The first-order valence-corrected chi connectivity index (χ1v) is 7.41. The molecule has 1 unspecified atom stereocenters. The Hall–Kier alpha value is -1.19. The van der Waals surface area contributed by atoms with E-state index in [-0.39, 0.29) is 11.9 Å². The minimum absolute atomic E-state index is 0.0741. The Bertz CT molecular complexity index is 574. The Kier molecular flexibility index (Phi) is 4.38. The highest BCUT2D eigenvalue weighted by molar-refractivity contribution is 7.12. The van der Waals surface area contributed by atoms with Crippen LogP contribution in [0.4, 0.5) is 4.39 Å². The van der Waals surface area contributed by atoms with Crippen molar-refractivity contribution in [3.63, 3.8) is 0 Å². The molecule has 2 aromatic rings. The van der Waals surface area contributed by atoms with Gasteiger partial charge in [-0.15, -0.1) is 11.3 Å². The van der Waals surface area contributed by atoms with Gasteiger partial charge in [-0.2, -0.15) is 0 Å². The van der Waals surface area contributed by atoms with Crippen molar-refractivity contribution in [2.75, 3.05) is 6.54 Å². The fraction of sp³-hybridized carbons (Fsp3) is 0.375. The number of nitrogens with one attached hydrogen (secondary N) is 1. The Morgan fingerprint density at radius 1 is 1.21 bits per heavy atom. The standard InChI is InChI=1S/C16H20FNS/c1-5-18-16(14-8-11(3)19-12(14)4)13-7-6-10(2)15(17)9-13/h6-9,16,18H,5H2,1-4H3. The van der Waals surface area contributed by atoms with Gasteiger partial charge in [0.2, 0.25) is 0 Å². The molecular weight excluding hydrogens is 257 g/mol. The summed E-state index contributed by atoms with van der Waals surface area (Å²) >= 11 is 1.79. The first-order valence-electron chi connectivity index (χ1n) is 6.59. The van der Waals surface area contributed by atoms with Crippen LogP contribution >= 0.6 is 11.3 Å². The molecule has 102 valence electrons. The Morgan fingerprint density at radius 3 is 2.47 bits per heavy atom. The van der Waals surface area contributed by atoms with E-state index in [0.29, 0.717) is 5.56 Å². The fourth-order valence-electron chi connectivity index (χ4n) is 2.34. The van der Waals surface area contributed by atoms with Crippen LogP contribution in [-0.4, -0.2) is 6.54 Å². The van der Waals surface area contributed by atoms with Crippen molar-refractivity contribution in [3.05, 3.63) is 56.5 Å². The normalized spacial score (nSPS) is 12.7. The monoisotopic (exact) mass is 277 g/mol. The van der Waals surface area contributed by atoms with Gasteiger partial charge in [-0.25, -0.2) is 4.39 Å². The van der Waals surface area contributed by atoms with Gasteiger partial charge in [0.15, 0.2) is 0 Å². The van der Waals surface area contributed by atoms with Gasteiger partial charge in [-0.05, 0) is 56.1 Å². The topological polar surface area (TPSA) is 12.0 Å². The highest BCUT2D eigenvalue weighted by Crippen LogP contribution is 2.31. The first-order chi connectivity index (χ1) is 9.02. The second-order valence-corrected chi connectivity index (χ2v) is 6.33. The van der Waals surface area contributed by atoms with Gasteiger partial charge in [0, 0.05) is 9.75 Å². The van der Waals surface area contributed by atoms with Crippen LogP contribution in [0.15, 0.2) is 24.3 Å². The van der Waals surface area contributed by atoms with Crippen LogP contribution < -0.4 is 5.32 Å². The zero-order valence-electron chi connectivity index (χ0n) is 11.9. The molecular formula is C16H20FNS. The molecule has 0 saturated heterocycles. The van der Waals surface area contributed by atoms with Gasteiger partial charge >= 0.3 is 0 Å². The molecule has 0 amide bonds. The average Bonchev–Trinajstić information content (AvgIpc) is 2.69. The summed E-state index contributed by atoms with van der Waals surface area (Å²) in [5.74, 6) is -0.134. The van der Waals surface area contributed by atoms with Crippen molar-refractivity contribution < 1.29 is 4.39 Å². The molecule has 1 N–H and O–H groups in total. The second-order valence-electron chi connectivity index (χ2n) is 4.87. The third kappa shape index (κ3) is 3.04. The zero-order valence-corrected chi connectivity index (χ0v) is 12.7. The van der Waals surface area contributed by atoms with Gasteiger partial charge in [0.25, 0.3) is 0 Å². The third-order valence-electron chi connectivity index (χ3n) is 3.33. The molecule has 0 bridgehead atoms. The first kappa shape index (κ1) is 14.2. The molecule has 19 heavy (non-hydrogen) atoms. The molecule has 0 aliphatic carbocycles. The van der Waals surface area contributed by atoms with Crippen molar-refractivity contribution in [2.45, 2.75) is 33.7 Å². The Morgan fingerprint density at radius 2 is 1.95 bits per heavy atom. The summed E-state index contributed by atoms with van der Waals surface area (Å²) in [5, 5.41) is 3.46. The molecule has 1 nitrogen and oxygen atoms in total. The largest absolute Gasteiger partial charge is 0.306 e. The van der Waals surface area contributed by atoms with Crippen molar-refractivity contribution in [2.24, 2.45) is 0 Å². The smallest absolute Gasteiger partial charge is 0.126 e. The molecule has 0 fully saturated rings. The van der Waals surface area contributed by atoms with Crippen LogP contribution in [0.2, 0.25) is 0 Å². The number of hydrogen-bond donors (Lipinski definition) is 1. The lowest BCUT2D eigenvalue weighted by molar-refractivity contribution is 0.597. The maximum absolute atomic E-state index is 13.8. The van der Waals surface area contributed by atoms with Crippen LogP contribution in [0.25, 0.3) is 0 Å². The summed E-state index contributed by atoms with van der Waals surface area (Å²) in [6.07, 6.45) is 0. The van der Waals surface area contributed by atoms with Gasteiger partial charge < -0.3 is 5.32 Å². The number of thiophene rings is 1. The summed E-state index contributed by atoms with van der Waals surface area (Å²) in [7, 11) is 0. The maximum Gasteiger partial charge on any atom is 0.126 e. The van der Waals surface area contributed by atoms with Crippen molar-refractivity contribution in [3.8, 4) is 0 Å². The number of rotatable bonds is 4. The van der Waals surface area contributed by atoms with Crippen LogP contribution in [0.5, 0.6) is 0 Å². The van der Waals surface area contributed by atoms with E-state index in [9.17, 15) is 4.39 Å². The number of benzene rings is 1. The summed E-state index contributed by atoms with van der Waals surface area (Å²) < 4.78 is 13.8. The van der Waals surface area contributed by atoms with Gasteiger partial charge in [-0.1, -0.05) is 19.1 Å². The SMILES string of the molecule is CCNC(c1ccc(C)c(F)c1)c1cc(C)sc1C. The molecule has 0 saturated carbocycles. The fourth-order valence-corrected chi connectivity index (χ4v) is 3.30. The molecule has 1 atom stereocenters. The highest BCUT2D eigenvalue weighted by atomic mass is 32.1. The molecule has 0 aliphatic heterocycles. The molecule has 0 spiro atoms. The van der Waals surface area contributed by atoms with Crippen LogP contribution in [0, 0.1) is 26.6 Å². The van der Waals surface area contributed by atoms with Crippen molar-refractivity contribution in [1.29, 1.82) is 0 Å². The lowest BCUT2D eigenvalue weighted by Crippen LogP contribution is -2.22. The van der Waals surface area contributed by atoms with E-state index in [1.807, 2.05) is 12.1 Å². The quantitative estimate of drug-likeness (QED) is 0.867. The summed E-state index contributed by atoms with van der Waals surface area (Å²) in [6.45, 7) is 8.96. The zero-order chi connectivity index (χ0) is 14.0. The Balaban J connectivity index is 2.44. The van der Waals surface area contributed by atoms with E-state index in [2.05, 4.69) is 32.2 Å². The van der Waals surface area contributed by atoms with E-state index in [0.717, 1.165) is 12.1 Å². The predicted octanol–water partition coefficient (Wildman–Crippen LogP) is 4.51. The van der Waals surface area contributed by atoms with E-state index in [1.165, 1.54) is 15.3 Å². The lowest BCUT2D eigenvalue weighted by atomic mass is 9.98. The Labute approximate surface area is 118 Å². The number of halogens is 1. The third-order valence-corrected chi connectivity index (χ3v) is 4.31. The summed E-state index contributed by atoms with van der Waals surface area (Å²) in [6, 6.07) is 7.78. The minimum atomic E-state index is -0.134. The lowest BCUT2D eigenvalue weighted by Gasteiger charge is -2.19. The molecule has 3 heteroatoms. The second kappa shape index (κ2) is 5.85.